The molecule has 0 fully saturated rings. The molecule has 0 saturated carbocycles. The summed E-state index contributed by atoms with van der Waals surface area (Å²) in [6, 6.07) is 32.1. The van der Waals surface area contributed by atoms with Crippen molar-refractivity contribution in [1.29, 1.82) is 5.26 Å². The van der Waals surface area contributed by atoms with Gasteiger partial charge in [-0.2, -0.15) is 5.26 Å². The third-order valence-corrected chi connectivity index (χ3v) is 5.63. The molecule has 0 spiro atoms. The Labute approximate surface area is 207 Å². The minimum atomic E-state index is -0.398. The van der Waals surface area contributed by atoms with Gasteiger partial charge in [-0.15, -0.1) is 0 Å². The Morgan fingerprint density at radius 1 is 0.833 bits per heavy atom. The lowest BCUT2D eigenvalue weighted by atomic mass is 9.98. The van der Waals surface area contributed by atoms with E-state index < -0.39 is 5.97 Å². The molecule has 0 atom stereocenters. The lowest BCUT2D eigenvalue weighted by molar-refractivity contribution is 0.0600. The average molecular weight is 473 g/mol. The van der Waals surface area contributed by atoms with E-state index in [2.05, 4.69) is 11.1 Å². The molecule has 0 aliphatic heterocycles. The molecule has 0 amide bonds. The van der Waals surface area contributed by atoms with Gasteiger partial charge in [-0.3, -0.25) is 0 Å². The highest BCUT2D eigenvalue weighted by molar-refractivity contribution is 5.90. The predicted octanol–water partition coefficient (Wildman–Crippen LogP) is 7.28. The second kappa shape index (κ2) is 10.00. The van der Waals surface area contributed by atoms with Crippen molar-refractivity contribution in [1.82, 2.24) is 0 Å². The molecule has 0 aliphatic carbocycles. The Morgan fingerprint density at radius 3 is 2.14 bits per heavy atom. The van der Waals surface area contributed by atoms with Crippen LogP contribution in [0.3, 0.4) is 0 Å². The summed E-state index contributed by atoms with van der Waals surface area (Å²) in [4.78, 5) is 16.1. The van der Waals surface area contributed by atoms with Crippen molar-refractivity contribution in [2.75, 3.05) is 7.11 Å². The first-order valence-electron chi connectivity index (χ1n) is 11.2. The van der Waals surface area contributed by atoms with Crippen molar-refractivity contribution in [3.63, 3.8) is 0 Å². The van der Waals surface area contributed by atoms with Crippen molar-refractivity contribution >= 4 is 18.1 Å². The Morgan fingerprint density at radius 2 is 1.50 bits per heavy atom. The van der Waals surface area contributed by atoms with Gasteiger partial charge in [-0.05, 0) is 29.8 Å². The van der Waals surface area contributed by atoms with E-state index in [1.807, 2.05) is 66.7 Å². The number of nitrogens with zero attached hydrogens (tertiary/aromatic N) is 2. The second-order valence-electron chi connectivity index (χ2n) is 7.86. The summed E-state index contributed by atoms with van der Waals surface area (Å²) in [6.07, 6.45) is 1.52. The molecule has 0 N–H and O–H groups in total. The first-order valence-corrected chi connectivity index (χ1v) is 11.2. The smallest absolute Gasteiger partial charge is 0.337 e. The van der Waals surface area contributed by atoms with Crippen LogP contribution in [0.1, 0.15) is 21.7 Å². The van der Waals surface area contributed by atoms with Crippen molar-refractivity contribution in [2.45, 2.75) is 0 Å². The fourth-order valence-corrected chi connectivity index (χ4v) is 3.87. The molecular weight excluding hydrogens is 452 g/mol. The molecule has 6 nitrogen and oxygen atoms in total. The topological polar surface area (TPSA) is 88.7 Å². The zero-order valence-corrected chi connectivity index (χ0v) is 19.3. The number of nitriles is 1. The van der Waals surface area contributed by atoms with E-state index >= 15 is 0 Å². The fraction of sp³-hybridized carbons (Fsp3) is 0.0333. The Bertz CT molecular complexity index is 1570. The zero-order valence-electron chi connectivity index (χ0n) is 19.3. The highest BCUT2D eigenvalue weighted by Gasteiger charge is 2.22. The maximum absolute atomic E-state index is 11.6. The van der Waals surface area contributed by atoms with Crippen LogP contribution >= 0.6 is 0 Å². The van der Waals surface area contributed by atoms with Gasteiger partial charge in [-0.25, -0.2) is 9.79 Å². The number of methoxy groups -OCH3 is 1. The monoisotopic (exact) mass is 472 g/mol. The standard InChI is InChI=1S/C30H20N2O4/c1-34-30(33)23-14-12-20(13-15-23)26-17-16-24(35-26)19-32-29-25(18-31)27(21-8-4-2-5-9-21)28(36-29)22-10-6-3-7-11-22/h2-17,19H,1H3. The van der Waals surface area contributed by atoms with Crippen LogP contribution in [-0.4, -0.2) is 19.3 Å². The van der Waals surface area contributed by atoms with Crippen LogP contribution in [0.4, 0.5) is 5.88 Å². The highest BCUT2D eigenvalue weighted by atomic mass is 16.5. The summed E-state index contributed by atoms with van der Waals surface area (Å²) in [7, 11) is 1.34. The first kappa shape index (κ1) is 22.6. The summed E-state index contributed by atoms with van der Waals surface area (Å²) in [6.45, 7) is 0. The molecule has 2 aromatic heterocycles. The van der Waals surface area contributed by atoms with E-state index in [1.54, 1.807) is 30.3 Å². The van der Waals surface area contributed by atoms with Crippen molar-refractivity contribution in [3.8, 4) is 39.8 Å². The Kier molecular flexibility index (Phi) is 6.29. The predicted molar refractivity (Wildman–Crippen MR) is 137 cm³/mol. The largest absolute Gasteiger partial charge is 0.465 e. The van der Waals surface area contributed by atoms with E-state index in [0.29, 0.717) is 34.0 Å². The number of carbonyl (C=O) groups is 1. The number of esters is 1. The third-order valence-electron chi connectivity index (χ3n) is 5.63. The molecule has 0 aliphatic rings. The minimum Gasteiger partial charge on any atom is -0.465 e. The third kappa shape index (κ3) is 4.46. The Balaban J connectivity index is 1.49. The van der Waals surface area contributed by atoms with Crippen LogP contribution in [0.2, 0.25) is 0 Å². The molecule has 3 aromatic carbocycles. The zero-order chi connectivity index (χ0) is 24.9. The quantitative estimate of drug-likeness (QED) is 0.191. The van der Waals surface area contributed by atoms with Crippen LogP contribution in [-0.2, 0) is 4.74 Å². The van der Waals surface area contributed by atoms with Gasteiger partial charge in [0, 0.05) is 16.7 Å². The van der Waals surface area contributed by atoms with Crippen molar-refractivity contribution < 1.29 is 18.4 Å². The van der Waals surface area contributed by atoms with E-state index in [4.69, 9.17) is 13.6 Å². The van der Waals surface area contributed by atoms with Crippen LogP contribution in [0, 0.1) is 11.3 Å². The van der Waals surface area contributed by atoms with Crippen LogP contribution in [0.25, 0.3) is 33.8 Å². The molecular formula is C30H20N2O4. The van der Waals surface area contributed by atoms with Gasteiger partial charge in [0.05, 0.1) is 18.9 Å². The number of carbonyl (C=O) groups excluding carboxylic acids is 1. The molecule has 0 bridgehead atoms. The summed E-state index contributed by atoms with van der Waals surface area (Å²) < 4.78 is 16.8. The van der Waals surface area contributed by atoms with E-state index in [9.17, 15) is 10.1 Å². The summed E-state index contributed by atoms with van der Waals surface area (Å²) in [5.41, 5.74) is 4.03. The molecule has 0 saturated heterocycles. The molecule has 6 heteroatoms. The maximum atomic E-state index is 11.6. The van der Waals surface area contributed by atoms with Gasteiger partial charge in [0.25, 0.3) is 0 Å². The van der Waals surface area contributed by atoms with Gasteiger partial charge < -0.3 is 13.6 Å². The summed E-state index contributed by atoms with van der Waals surface area (Å²) in [5, 5.41) is 10.0. The average Bonchev–Trinajstić information content (AvgIpc) is 3.57. The number of hydrogen-bond donors (Lipinski definition) is 0. The van der Waals surface area contributed by atoms with Crippen LogP contribution in [0.15, 0.2) is 111 Å². The van der Waals surface area contributed by atoms with Gasteiger partial charge in [0.15, 0.2) is 0 Å². The number of furan rings is 2. The Hall–Kier alpha value is -5.15. The summed E-state index contributed by atoms with van der Waals surface area (Å²) in [5.74, 6) is 1.49. The van der Waals surface area contributed by atoms with E-state index in [0.717, 1.165) is 16.7 Å². The molecule has 36 heavy (non-hydrogen) atoms. The number of aliphatic imine (C=N–C) groups is 1. The molecule has 0 radical (unpaired) electrons. The van der Waals surface area contributed by atoms with Gasteiger partial charge in [-0.1, -0.05) is 72.8 Å². The van der Waals surface area contributed by atoms with Crippen LogP contribution < -0.4 is 0 Å². The van der Waals surface area contributed by atoms with Gasteiger partial charge in [0.1, 0.15) is 28.9 Å². The molecule has 5 rings (SSSR count). The maximum Gasteiger partial charge on any atom is 0.337 e. The minimum absolute atomic E-state index is 0.204. The number of ether oxygens (including phenoxy) is 1. The number of hydrogen-bond acceptors (Lipinski definition) is 6. The highest BCUT2D eigenvalue weighted by Crippen LogP contribution is 2.42. The van der Waals surface area contributed by atoms with Gasteiger partial charge >= 0.3 is 5.97 Å². The lowest BCUT2D eigenvalue weighted by Gasteiger charge is -2.03. The van der Waals surface area contributed by atoms with E-state index in [1.165, 1.54) is 13.3 Å². The molecule has 174 valence electrons. The lowest BCUT2D eigenvalue weighted by Crippen LogP contribution is -2.00. The number of benzene rings is 3. The molecule has 0 unspecified atom stereocenters. The normalized spacial score (nSPS) is 10.9. The van der Waals surface area contributed by atoms with Gasteiger partial charge in [0.2, 0.25) is 5.88 Å². The fourth-order valence-electron chi connectivity index (χ4n) is 3.87. The molecule has 2 heterocycles. The van der Waals surface area contributed by atoms with Crippen molar-refractivity contribution in [2.24, 2.45) is 4.99 Å². The first-order chi connectivity index (χ1) is 17.7. The molecule has 5 aromatic rings. The van der Waals surface area contributed by atoms with Crippen LogP contribution in [0.5, 0.6) is 0 Å². The number of rotatable bonds is 6. The second-order valence-corrected chi connectivity index (χ2v) is 7.86. The summed E-state index contributed by atoms with van der Waals surface area (Å²) >= 11 is 0. The van der Waals surface area contributed by atoms with E-state index in [-0.39, 0.29) is 5.88 Å². The SMILES string of the molecule is COC(=O)c1ccc(-c2ccc(C=Nc3oc(-c4ccccc4)c(-c4ccccc4)c3C#N)o2)cc1. The van der Waals surface area contributed by atoms with Crippen molar-refractivity contribution in [3.05, 3.63) is 114 Å².